The third kappa shape index (κ3) is 2.71. The molecule has 5 heteroatoms. The Bertz CT molecular complexity index is 476. The topological polar surface area (TPSA) is 58.6 Å². The largest absolute Gasteiger partial charge is 0.496 e. The summed E-state index contributed by atoms with van der Waals surface area (Å²) in [5, 5.41) is 12.2. The van der Waals surface area contributed by atoms with Gasteiger partial charge in [-0.3, -0.25) is 4.79 Å². The number of benzene rings is 1. The van der Waals surface area contributed by atoms with Crippen LogP contribution >= 0.6 is 0 Å². The second-order valence-electron chi connectivity index (χ2n) is 4.81. The van der Waals surface area contributed by atoms with Gasteiger partial charge >= 0.3 is 5.97 Å². The third-order valence-corrected chi connectivity index (χ3v) is 3.58. The minimum Gasteiger partial charge on any atom is -0.496 e. The molecule has 1 heterocycles. The van der Waals surface area contributed by atoms with Crippen LogP contribution in [0.3, 0.4) is 0 Å². The van der Waals surface area contributed by atoms with E-state index in [0.717, 1.165) is 5.56 Å². The number of carboxylic acids is 1. The molecule has 0 amide bonds. The van der Waals surface area contributed by atoms with Crippen molar-refractivity contribution in [3.05, 3.63) is 29.3 Å². The van der Waals surface area contributed by atoms with E-state index in [4.69, 9.17) is 9.84 Å². The average Bonchev–Trinajstić information content (AvgIpc) is 2.87. The van der Waals surface area contributed by atoms with Crippen molar-refractivity contribution in [1.82, 2.24) is 5.32 Å². The Kier molecular flexibility index (Phi) is 4.04. The van der Waals surface area contributed by atoms with Crippen molar-refractivity contribution in [2.24, 2.45) is 5.92 Å². The number of hydrogen-bond acceptors (Lipinski definition) is 3. The lowest BCUT2D eigenvalue weighted by Gasteiger charge is -2.20. The summed E-state index contributed by atoms with van der Waals surface area (Å²) >= 11 is 0. The normalized spacial score (nSPS) is 24.2. The molecule has 1 saturated heterocycles. The second kappa shape index (κ2) is 5.57. The van der Waals surface area contributed by atoms with Crippen molar-refractivity contribution < 1.29 is 19.0 Å². The van der Waals surface area contributed by atoms with Crippen LogP contribution in [0.25, 0.3) is 0 Å². The van der Waals surface area contributed by atoms with Crippen LogP contribution in [0.1, 0.15) is 36.7 Å². The van der Waals surface area contributed by atoms with Gasteiger partial charge in [0.2, 0.25) is 0 Å². The van der Waals surface area contributed by atoms with Crippen LogP contribution in [0.4, 0.5) is 4.39 Å². The van der Waals surface area contributed by atoms with E-state index in [1.165, 1.54) is 14.0 Å². The van der Waals surface area contributed by atoms with Gasteiger partial charge in [-0.2, -0.15) is 0 Å². The van der Waals surface area contributed by atoms with Crippen LogP contribution in [-0.2, 0) is 4.79 Å². The number of nitrogens with one attached hydrogen (secondary N) is 1. The minimum atomic E-state index is -1.12. The van der Waals surface area contributed by atoms with E-state index in [0.29, 0.717) is 24.3 Å². The van der Waals surface area contributed by atoms with Crippen LogP contribution in [-0.4, -0.2) is 24.7 Å². The lowest BCUT2D eigenvalue weighted by molar-refractivity contribution is -0.141. The number of alkyl halides is 1. The van der Waals surface area contributed by atoms with E-state index >= 15 is 0 Å². The molecule has 0 spiro atoms. The highest BCUT2D eigenvalue weighted by Gasteiger charge is 2.33. The number of halogens is 1. The predicted octanol–water partition coefficient (Wildman–Crippen LogP) is 2.46. The summed E-state index contributed by atoms with van der Waals surface area (Å²) in [5.74, 6) is -0.650. The zero-order valence-electron chi connectivity index (χ0n) is 11.0. The molecule has 1 aliphatic rings. The lowest BCUT2D eigenvalue weighted by Crippen LogP contribution is -2.18. The summed E-state index contributed by atoms with van der Waals surface area (Å²) in [5.41, 5.74) is 1.30. The zero-order valence-corrected chi connectivity index (χ0v) is 11.0. The molecule has 3 atom stereocenters. The second-order valence-corrected chi connectivity index (χ2v) is 4.81. The van der Waals surface area contributed by atoms with E-state index in [-0.39, 0.29) is 6.04 Å². The number of aliphatic carboxylic acids is 1. The van der Waals surface area contributed by atoms with Gasteiger partial charge in [0.1, 0.15) is 11.9 Å². The molecule has 1 fully saturated rings. The molecule has 1 aromatic rings. The number of rotatable bonds is 4. The van der Waals surface area contributed by atoms with Crippen molar-refractivity contribution in [1.29, 1.82) is 0 Å². The maximum Gasteiger partial charge on any atom is 0.307 e. The van der Waals surface area contributed by atoms with Crippen LogP contribution in [0.15, 0.2) is 18.2 Å². The molecular weight excluding hydrogens is 249 g/mol. The Labute approximate surface area is 111 Å². The Balaban J connectivity index is 2.36. The molecule has 0 aromatic heterocycles. The average molecular weight is 267 g/mol. The van der Waals surface area contributed by atoms with Crippen LogP contribution in [0.2, 0.25) is 0 Å². The first kappa shape index (κ1) is 13.8. The Morgan fingerprint density at radius 1 is 1.58 bits per heavy atom. The summed E-state index contributed by atoms with van der Waals surface area (Å²) in [6.45, 7) is 1.88. The molecular formula is C14H18FNO3. The molecule has 2 rings (SSSR count). The molecule has 1 aromatic carbocycles. The zero-order chi connectivity index (χ0) is 14.0. The van der Waals surface area contributed by atoms with Gasteiger partial charge in [-0.05, 0) is 25.0 Å². The van der Waals surface area contributed by atoms with E-state index < -0.39 is 18.1 Å². The van der Waals surface area contributed by atoms with Crippen molar-refractivity contribution in [3.63, 3.8) is 0 Å². The van der Waals surface area contributed by atoms with Crippen molar-refractivity contribution in [2.45, 2.75) is 25.6 Å². The van der Waals surface area contributed by atoms with Crippen LogP contribution in [0, 0.1) is 5.92 Å². The minimum absolute atomic E-state index is 0.176. The highest BCUT2D eigenvalue weighted by atomic mass is 19.1. The van der Waals surface area contributed by atoms with E-state index in [2.05, 4.69) is 5.32 Å². The summed E-state index contributed by atoms with van der Waals surface area (Å²) in [6, 6.07) is 5.07. The molecule has 0 saturated carbocycles. The molecule has 0 bridgehead atoms. The summed E-state index contributed by atoms with van der Waals surface area (Å²) in [4.78, 5) is 11.0. The summed E-state index contributed by atoms with van der Waals surface area (Å²) < 4.78 is 19.0. The van der Waals surface area contributed by atoms with Gasteiger partial charge in [-0.25, -0.2) is 4.39 Å². The molecule has 3 unspecified atom stereocenters. The maximum absolute atomic E-state index is 13.7. The van der Waals surface area contributed by atoms with Gasteiger partial charge in [0.05, 0.1) is 13.0 Å². The first-order valence-electron chi connectivity index (χ1n) is 6.31. The van der Waals surface area contributed by atoms with Crippen molar-refractivity contribution in [2.75, 3.05) is 13.7 Å². The molecule has 104 valence electrons. The smallest absolute Gasteiger partial charge is 0.307 e. The van der Waals surface area contributed by atoms with E-state index in [1.807, 2.05) is 0 Å². The molecule has 0 radical (unpaired) electrons. The highest BCUT2D eigenvalue weighted by Crippen LogP contribution is 2.38. The molecule has 1 aliphatic heterocycles. The quantitative estimate of drug-likeness (QED) is 0.879. The monoisotopic (exact) mass is 267 g/mol. The van der Waals surface area contributed by atoms with E-state index in [1.54, 1.807) is 18.2 Å². The Morgan fingerprint density at radius 2 is 2.32 bits per heavy atom. The molecule has 19 heavy (non-hydrogen) atoms. The molecule has 4 nitrogen and oxygen atoms in total. The fraction of sp³-hybridized carbons (Fsp3) is 0.500. The summed E-state index contributed by atoms with van der Waals surface area (Å²) in [7, 11) is 1.54. The third-order valence-electron chi connectivity index (χ3n) is 3.58. The Hall–Kier alpha value is -1.62. The lowest BCUT2D eigenvalue weighted by atomic mass is 9.93. The first-order valence-corrected chi connectivity index (χ1v) is 6.31. The van der Waals surface area contributed by atoms with E-state index in [9.17, 15) is 9.18 Å². The number of ether oxygens (including phenoxy) is 1. The number of carbonyl (C=O) groups is 1. The van der Waals surface area contributed by atoms with Gasteiger partial charge in [-0.15, -0.1) is 0 Å². The number of carboxylic acid groups (broad SMARTS) is 1. The SMILES string of the molecule is COc1cccc(C(C)F)c1C1CC(C(=O)O)CN1. The van der Waals surface area contributed by atoms with Gasteiger partial charge in [0, 0.05) is 18.2 Å². The fourth-order valence-corrected chi connectivity index (χ4v) is 2.60. The van der Waals surface area contributed by atoms with Gasteiger partial charge in [0.25, 0.3) is 0 Å². The van der Waals surface area contributed by atoms with Gasteiger partial charge in [0.15, 0.2) is 0 Å². The van der Waals surface area contributed by atoms with Crippen LogP contribution < -0.4 is 10.1 Å². The van der Waals surface area contributed by atoms with Crippen molar-refractivity contribution in [3.8, 4) is 5.75 Å². The standard InChI is InChI=1S/C14H18FNO3/c1-8(15)10-4-3-5-12(19-2)13(10)11-6-9(7-16-11)14(17)18/h3-5,8-9,11,16H,6-7H2,1-2H3,(H,17,18). The summed E-state index contributed by atoms with van der Waals surface area (Å²) in [6.07, 6.45) is -0.661. The number of methoxy groups -OCH3 is 1. The van der Waals surface area contributed by atoms with Crippen molar-refractivity contribution >= 4 is 5.97 Å². The number of hydrogen-bond donors (Lipinski definition) is 2. The van der Waals surface area contributed by atoms with Crippen LogP contribution in [0.5, 0.6) is 5.75 Å². The fourth-order valence-electron chi connectivity index (χ4n) is 2.60. The molecule has 2 N–H and O–H groups in total. The molecule has 0 aliphatic carbocycles. The maximum atomic E-state index is 13.7. The van der Waals surface area contributed by atoms with Gasteiger partial charge < -0.3 is 15.2 Å². The first-order chi connectivity index (χ1) is 9.04. The van der Waals surface area contributed by atoms with Gasteiger partial charge in [-0.1, -0.05) is 12.1 Å². The highest BCUT2D eigenvalue weighted by molar-refractivity contribution is 5.71. The Morgan fingerprint density at radius 3 is 2.84 bits per heavy atom. The predicted molar refractivity (Wildman–Crippen MR) is 69.0 cm³/mol.